The Balaban J connectivity index is 2.61. The predicted molar refractivity (Wildman–Crippen MR) is 38.6 cm³/mol. The van der Waals surface area contributed by atoms with Gasteiger partial charge in [0.15, 0.2) is 0 Å². The Morgan fingerprint density at radius 3 is 2.67 bits per heavy atom. The molecule has 0 aliphatic rings. The molecular formula is C5H5ClN2S. The summed E-state index contributed by atoms with van der Waals surface area (Å²) < 4.78 is 0. The summed E-state index contributed by atoms with van der Waals surface area (Å²) in [5, 5.41) is 0.549. The van der Waals surface area contributed by atoms with Gasteiger partial charge in [-0.25, -0.2) is 9.97 Å². The third-order valence-corrected chi connectivity index (χ3v) is 1.74. The van der Waals surface area contributed by atoms with Gasteiger partial charge in [-0.1, -0.05) is 0 Å². The Morgan fingerprint density at radius 2 is 2.11 bits per heavy atom. The maximum absolute atomic E-state index is 5.44. The third-order valence-electron chi connectivity index (χ3n) is 0.758. The van der Waals surface area contributed by atoms with Crippen molar-refractivity contribution in [2.75, 3.05) is 5.21 Å². The number of rotatable bonds is 2. The molecule has 2 nitrogen and oxygen atoms in total. The second kappa shape index (κ2) is 3.69. The molecule has 4 heteroatoms. The predicted octanol–water partition coefficient (Wildman–Crippen LogP) is 1.76. The number of nitrogens with zero attached hydrogens (tertiary/aromatic N) is 2. The summed E-state index contributed by atoms with van der Waals surface area (Å²) in [7, 11) is 0. The molecule has 0 saturated carbocycles. The van der Waals surface area contributed by atoms with Crippen molar-refractivity contribution >= 4 is 23.4 Å². The lowest BCUT2D eigenvalue weighted by molar-refractivity contribution is 1.10. The van der Waals surface area contributed by atoms with Gasteiger partial charge in [0.25, 0.3) is 0 Å². The molecule has 9 heavy (non-hydrogen) atoms. The highest BCUT2D eigenvalue weighted by molar-refractivity contribution is 8.00. The van der Waals surface area contributed by atoms with Crippen molar-refractivity contribution in [1.82, 2.24) is 9.97 Å². The van der Waals surface area contributed by atoms with E-state index in [1.165, 1.54) is 18.1 Å². The quantitative estimate of drug-likeness (QED) is 0.487. The largest absolute Gasteiger partial charge is 0.244 e. The smallest absolute Gasteiger partial charge is 0.115 e. The Morgan fingerprint density at radius 1 is 1.44 bits per heavy atom. The van der Waals surface area contributed by atoms with E-state index in [0.717, 1.165) is 4.90 Å². The van der Waals surface area contributed by atoms with Crippen molar-refractivity contribution in [3.63, 3.8) is 0 Å². The lowest BCUT2D eigenvalue weighted by Crippen LogP contribution is -1.76. The average Bonchev–Trinajstić information content (AvgIpc) is 1.91. The average molecular weight is 161 g/mol. The van der Waals surface area contributed by atoms with E-state index in [1.807, 2.05) is 0 Å². The summed E-state index contributed by atoms with van der Waals surface area (Å²) in [6.07, 6.45) is 4.97. The first-order chi connectivity index (χ1) is 4.43. The van der Waals surface area contributed by atoms with Gasteiger partial charge in [0.05, 0.1) is 5.21 Å². The van der Waals surface area contributed by atoms with E-state index in [-0.39, 0.29) is 0 Å². The van der Waals surface area contributed by atoms with Gasteiger partial charge in [0, 0.05) is 17.3 Å². The lowest BCUT2D eigenvalue weighted by atomic mass is 10.7. The Hall–Kier alpha value is -0.280. The highest BCUT2D eigenvalue weighted by Crippen LogP contribution is 2.15. The molecule has 0 amide bonds. The molecule has 0 aromatic carbocycles. The molecular weight excluding hydrogens is 156 g/mol. The Bertz CT molecular complexity index is 168. The third kappa shape index (κ3) is 2.20. The molecule has 0 atom stereocenters. The molecule has 1 rings (SSSR count). The summed E-state index contributed by atoms with van der Waals surface area (Å²) in [6, 6.07) is 0. The van der Waals surface area contributed by atoms with Gasteiger partial charge < -0.3 is 0 Å². The van der Waals surface area contributed by atoms with Crippen molar-refractivity contribution in [1.29, 1.82) is 0 Å². The minimum absolute atomic E-state index is 0.549. The van der Waals surface area contributed by atoms with Gasteiger partial charge >= 0.3 is 0 Å². The lowest BCUT2D eigenvalue weighted by Gasteiger charge is -1.90. The molecule has 0 saturated heterocycles. The van der Waals surface area contributed by atoms with Gasteiger partial charge in [-0.15, -0.1) is 23.4 Å². The number of aromatic nitrogens is 2. The zero-order valence-electron chi connectivity index (χ0n) is 4.62. The summed E-state index contributed by atoms with van der Waals surface area (Å²) in [5.41, 5.74) is 0. The molecule has 0 spiro atoms. The van der Waals surface area contributed by atoms with E-state index in [9.17, 15) is 0 Å². The van der Waals surface area contributed by atoms with Gasteiger partial charge in [-0.2, -0.15) is 0 Å². The second-order valence-electron chi connectivity index (χ2n) is 1.33. The van der Waals surface area contributed by atoms with Gasteiger partial charge in [-0.05, 0) is 0 Å². The topological polar surface area (TPSA) is 25.8 Å². The van der Waals surface area contributed by atoms with Crippen molar-refractivity contribution in [2.24, 2.45) is 0 Å². The summed E-state index contributed by atoms with van der Waals surface area (Å²) >= 11 is 6.96. The molecule has 0 radical (unpaired) electrons. The number of alkyl halides is 1. The van der Waals surface area contributed by atoms with E-state index in [1.54, 1.807) is 12.4 Å². The normalized spacial score (nSPS) is 9.44. The maximum atomic E-state index is 5.44. The fourth-order valence-electron chi connectivity index (χ4n) is 0.423. The number of halogens is 1. The van der Waals surface area contributed by atoms with Crippen LogP contribution in [0.25, 0.3) is 0 Å². The molecule has 1 heterocycles. The van der Waals surface area contributed by atoms with Gasteiger partial charge in [0.2, 0.25) is 0 Å². The van der Waals surface area contributed by atoms with Crippen LogP contribution >= 0.6 is 23.4 Å². The number of thioether (sulfide) groups is 1. The van der Waals surface area contributed by atoms with Crippen LogP contribution in [0.5, 0.6) is 0 Å². The monoisotopic (exact) mass is 160 g/mol. The minimum Gasteiger partial charge on any atom is -0.244 e. The highest BCUT2D eigenvalue weighted by atomic mass is 35.5. The van der Waals surface area contributed by atoms with Crippen LogP contribution in [-0.2, 0) is 0 Å². The Kier molecular flexibility index (Phi) is 2.80. The van der Waals surface area contributed by atoms with E-state index >= 15 is 0 Å². The van der Waals surface area contributed by atoms with Gasteiger partial charge in [0.1, 0.15) is 6.33 Å². The van der Waals surface area contributed by atoms with E-state index < -0.39 is 0 Å². The molecule has 48 valence electrons. The Labute approximate surface area is 62.7 Å². The molecule has 0 aliphatic heterocycles. The number of hydrogen-bond donors (Lipinski definition) is 0. The molecule has 1 aromatic heterocycles. The first-order valence-electron chi connectivity index (χ1n) is 2.37. The first kappa shape index (κ1) is 6.83. The maximum Gasteiger partial charge on any atom is 0.115 e. The molecule has 0 aliphatic carbocycles. The van der Waals surface area contributed by atoms with Crippen molar-refractivity contribution in [3.8, 4) is 0 Å². The van der Waals surface area contributed by atoms with Crippen LogP contribution in [0.1, 0.15) is 0 Å². The number of hydrogen-bond acceptors (Lipinski definition) is 3. The van der Waals surface area contributed by atoms with E-state index in [2.05, 4.69) is 9.97 Å². The van der Waals surface area contributed by atoms with Crippen molar-refractivity contribution in [2.45, 2.75) is 4.90 Å². The zero-order chi connectivity index (χ0) is 6.53. The second-order valence-corrected chi connectivity index (χ2v) is 2.96. The fourth-order valence-corrected chi connectivity index (χ4v) is 1.20. The summed E-state index contributed by atoms with van der Waals surface area (Å²) in [4.78, 5) is 8.63. The van der Waals surface area contributed by atoms with Crippen LogP contribution in [0.4, 0.5) is 0 Å². The molecule has 0 unspecified atom stereocenters. The van der Waals surface area contributed by atoms with Crippen LogP contribution in [0.15, 0.2) is 23.6 Å². The summed E-state index contributed by atoms with van der Waals surface area (Å²) in [5.74, 6) is 0. The molecule has 0 fully saturated rings. The molecule has 1 aromatic rings. The highest BCUT2D eigenvalue weighted by Gasteiger charge is 1.88. The minimum atomic E-state index is 0.549. The van der Waals surface area contributed by atoms with Crippen LogP contribution in [0.3, 0.4) is 0 Å². The standard InChI is InChI=1S/C5H5ClN2S/c6-3-9-5-1-7-4-8-2-5/h1-2,4H,3H2. The summed E-state index contributed by atoms with van der Waals surface area (Å²) in [6.45, 7) is 0. The van der Waals surface area contributed by atoms with Crippen LogP contribution in [0.2, 0.25) is 0 Å². The SMILES string of the molecule is ClCSc1cncnc1. The molecule has 0 N–H and O–H groups in total. The fraction of sp³-hybridized carbons (Fsp3) is 0.200. The zero-order valence-corrected chi connectivity index (χ0v) is 6.19. The van der Waals surface area contributed by atoms with Crippen molar-refractivity contribution in [3.05, 3.63) is 18.7 Å². The van der Waals surface area contributed by atoms with Crippen LogP contribution in [-0.4, -0.2) is 15.2 Å². The first-order valence-corrected chi connectivity index (χ1v) is 3.89. The van der Waals surface area contributed by atoms with Gasteiger partial charge in [-0.3, -0.25) is 0 Å². The van der Waals surface area contributed by atoms with E-state index in [0.29, 0.717) is 5.21 Å². The van der Waals surface area contributed by atoms with Crippen LogP contribution < -0.4 is 0 Å². The molecule has 0 bridgehead atoms. The van der Waals surface area contributed by atoms with Crippen molar-refractivity contribution < 1.29 is 0 Å². The van der Waals surface area contributed by atoms with E-state index in [4.69, 9.17) is 11.6 Å². The van der Waals surface area contributed by atoms with Crippen LogP contribution in [0, 0.1) is 0 Å².